The number of carbonyl (C=O) groups is 1. The van der Waals surface area contributed by atoms with E-state index < -0.39 is 0 Å². The average molecular weight is 245 g/mol. The summed E-state index contributed by atoms with van der Waals surface area (Å²) >= 11 is 5.76. The molecule has 2 aromatic carbocycles. The van der Waals surface area contributed by atoms with Gasteiger partial charge in [-0.3, -0.25) is 4.79 Å². The van der Waals surface area contributed by atoms with Crippen LogP contribution in [0.3, 0.4) is 0 Å². The number of rotatable bonds is 2. The van der Waals surface area contributed by atoms with Crippen LogP contribution in [-0.4, -0.2) is 5.91 Å². The van der Waals surface area contributed by atoms with Crippen LogP contribution in [0, 0.1) is 13.0 Å². The number of nitrogens with one attached hydrogen (secondary N) is 1. The van der Waals surface area contributed by atoms with E-state index >= 15 is 0 Å². The standard InChI is InChI=1S/C14H11ClNO/c1-10-3-2-4-13(9-10)16-14(17)11-5-7-12(15)8-6-11/h2-8H,1H3,(H,16,17). The van der Waals surface area contributed by atoms with E-state index in [-0.39, 0.29) is 5.91 Å². The Bertz CT molecular complexity index is 534. The first kappa shape index (κ1) is 11.7. The molecular weight excluding hydrogens is 234 g/mol. The predicted molar refractivity (Wildman–Crippen MR) is 69.4 cm³/mol. The Morgan fingerprint density at radius 2 is 1.88 bits per heavy atom. The molecule has 0 aromatic heterocycles. The van der Waals surface area contributed by atoms with Crippen molar-refractivity contribution in [1.82, 2.24) is 0 Å². The SMILES string of the molecule is Cc1[c]c(NC(=O)c2ccc(Cl)cc2)ccc1. The Labute approximate surface area is 105 Å². The van der Waals surface area contributed by atoms with Gasteiger partial charge in [-0.2, -0.15) is 0 Å². The van der Waals surface area contributed by atoms with Crippen LogP contribution in [0.1, 0.15) is 15.9 Å². The van der Waals surface area contributed by atoms with Crippen LogP contribution in [0.5, 0.6) is 0 Å². The molecule has 0 spiro atoms. The van der Waals surface area contributed by atoms with Crippen molar-refractivity contribution in [1.29, 1.82) is 0 Å². The molecule has 0 fully saturated rings. The lowest BCUT2D eigenvalue weighted by atomic mass is 10.2. The third-order valence-corrected chi connectivity index (χ3v) is 2.55. The number of amides is 1. The van der Waals surface area contributed by atoms with Gasteiger partial charge in [0.15, 0.2) is 0 Å². The summed E-state index contributed by atoms with van der Waals surface area (Å²) < 4.78 is 0. The second-order valence-corrected chi connectivity index (χ2v) is 4.14. The molecule has 3 heteroatoms. The molecule has 0 saturated heterocycles. The number of anilines is 1. The maximum Gasteiger partial charge on any atom is 0.255 e. The van der Waals surface area contributed by atoms with Gasteiger partial charge in [0.25, 0.3) is 5.91 Å². The Hall–Kier alpha value is -1.80. The molecule has 85 valence electrons. The van der Waals surface area contributed by atoms with Crippen molar-refractivity contribution in [2.24, 2.45) is 0 Å². The molecule has 0 heterocycles. The van der Waals surface area contributed by atoms with E-state index in [9.17, 15) is 4.79 Å². The van der Waals surface area contributed by atoms with Crippen molar-refractivity contribution < 1.29 is 4.79 Å². The topological polar surface area (TPSA) is 29.1 Å². The van der Waals surface area contributed by atoms with Crippen LogP contribution in [0.4, 0.5) is 5.69 Å². The van der Waals surface area contributed by atoms with Crippen LogP contribution in [-0.2, 0) is 0 Å². The third kappa shape index (κ3) is 3.08. The fourth-order valence-corrected chi connectivity index (χ4v) is 1.58. The molecule has 0 aliphatic rings. The van der Waals surface area contributed by atoms with Crippen LogP contribution >= 0.6 is 11.6 Å². The minimum atomic E-state index is -0.163. The molecule has 1 radical (unpaired) electrons. The van der Waals surface area contributed by atoms with E-state index in [1.807, 2.05) is 19.1 Å². The molecule has 17 heavy (non-hydrogen) atoms. The van der Waals surface area contributed by atoms with E-state index in [2.05, 4.69) is 11.4 Å². The zero-order chi connectivity index (χ0) is 12.3. The number of carbonyl (C=O) groups excluding carboxylic acids is 1. The first-order valence-corrected chi connectivity index (χ1v) is 5.59. The molecule has 0 aliphatic carbocycles. The normalized spacial score (nSPS) is 10.0. The van der Waals surface area contributed by atoms with Crippen molar-refractivity contribution in [3.05, 3.63) is 64.7 Å². The van der Waals surface area contributed by atoms with Gasteiger partial charge in [-0.05, 0) is 42.8 Å². The van der Waals surface area contributed by atoms with Gasteiger partial charge in [0.1, 0.15) is 0 Å². The van der Waals surface area contributed by atoms with Gasteiger partial charge in [-0.15, -0.1) is 0 Å². The summed E-state index contributed by atoms with van der Waals surface area (Å²) in [7, 11) is 0. The molecule has 1 amide bonds. The number of benzene rings is 2. The summed E-state index contributed by atoms with van der Waals surface area (Å²) in [5, 5.41) is 3.40. The number of aryl methyl sites for hydroxylation is 1. The van der Waals surface area contributed by atoms with Gasteiger partial charge in [-0.25, -0.2) is 0 Å². The molecule has 2 rings (SSSR count). The summed E-state index contributed by atoms with van der Waals surface area (Å²) in [4.78, 5) is 11.9. The van der Waals surface area contributed by atoms with Crippen molar-refractivity contribution >= 4 is 23.2 Å². The minimum absolute atomic E-state index is 0.163. The highest BCUT2D eigenvalue weighted by atomic mass is 35.5. The maximum absolute atomic E-state index is 11.9. The fourth-order valence-electron chi connectivity index (χ4n) is 1.45. The average Bonchev–Trinajstić information content (AvgIpc) is 2.29. The van der Waals surface area contributed by atoms with Crippen molar-refractivity contribution in [3.63, 3.8) is 0 Å². The van der Waals surface area contributed by atoms with E-state index in [4.69, 9.17) is 11.6 Å². The molecule has 0 unspecified atom stereocenters. The lowest BCUT2D eigenvalue weighted by Gasteiger charge is -2.05. The van der Waals surface area contributed by atoms with Gasteiger partial charge >= 0.3 is 0 Å². The van der Waals surface area contributed by atoms with E-state index in [0.29, 0.717) is 16.3 Å². The summed E-state index contributed by atoms with van der Waals surface area (Å²) in [6.45, 7) is 1.93. The number of hydrogen-bond donors (Lipinski definition) is 1. The van der Waals surface area contributed by atoms with Crippen LogP contribution < -0.4 is 5.32 Å². The highest BCUT2D eigenvalue weighted by Crippen LogP contribution is 2.13. The quantitative estimate of drug-likeness (QED) is 0.858. The van der Waals surface area contributed by atoms with Crippen LogP contribution in [0.2, 0.25) is 5.02 Å². The number of halogens is 1. The van der Waals surface area contributed by atoms with Gasteiger partial charge in [-0.1, -0.05) is 23.7 Å². The maximum atomic E-state index is 11.9. The molecule has 0 aliphatic heterocycles. The van der Waals surface area contributed by atoms with E-state index in [1.165, 1.54) is 0 Å². The molecule has 0 bridgehead atoms. The monoisotopic (exact) mass is 244 g/mol. The largest absolute Gasteiger partial charge is 0.321 e. The highest BCUT2D eigenvalue weighted by Gasteiger charge is 2.05. The third-order valence-electron chi connectivity index (χ3n) is 2.30. The van der Waals surface area contributed by atoms with Crippen molar-refractivity contribution in [2.75, 3.05) is 5.32 Å². The second-order valence-electron chi connectivity index (χ2n) is 3.71. The van der Waals surface area contributed by atoms with E-state index in [0.717, 1.165) is 5.56 Å². The first-order valence-electron chi connectivity index (χ1n) is 5.21. The fraction of sp³-hybridized carbons (Fsp3) is 0.0714. The Balaban J connectivity index is 2.14. The molecule has 0 atom stereocenters. The Morgan fingerprint density at radius 3 is 2.53 bits per heavy atom. The lowest BCUT2D eigenvalue weighted by molar-refractivity contribution is 0.102. The first-order chi connectivity index (χ1) is 8.15. The van der Waals surface area contributed by atoms with Crippen molar-refractivity contribution in [3.8, 4) is 0 Å². The highest BCUT2D eigenvalue weighted by molar-refractivity contribution is 6.30. The molecule has 2 aromatic rings. The lowest BCUT2D eigenvalue weighted by Crippen LogP contribution is -2.11. The van der Waals surface area contributed by atoms with Gasteiger partial charge in [0.2, 0.25) is 0 Å². The smallest absolute Gasteiger partial charge is 0.255 e. The van der Waals surface area contributed by atoms with Crippen LogP contribution in [0.15, 0.2) is 42.5 Å². The molecule has 2 nitrogen and oxygen atoms in total. The molecule has 0 saturated carbocycles. The van der Waals surface area contributed by atoms with Gasteiger partial charge < -0.3 is 5.32 Å². The molecular formula is C14H11ClNO. The summed E-state index contributed by atoms with van der Waals surface area (Å²) in [5.74, 6) is -0.163. The van der Waals surface area contributed by atoms with E-state index in [1.54, 1.807) is 30.3 Å². The summed E-state index contributed by atoms with van der Waals surface area (Å²) in [6, 6.07) is 15.4. The Kier molecular flexibility index (Phi) is 3.45. The Morgan fingerprint density at radius 1 is 1.18 bits per heavy atom. The van der Waals surface area contributed by atoms with Gasteiger partial charge in [0, 0.05) is 22.3 Å². The summed E-state index contributed by atoms with van der Waals surface area (Å²) in [5.41, 5.74) is 2.23. The van der Waals surface area contributed by atoms with Gasteiger partial charge in [0.05, 0.1) is 0 Å². The predicted octanol–water partition coefficient (Wildman–Crippen LogP) is 3.70. The minimum Gasteiger partial charge on any atom is -0.321 e. The second kappa shape index (κ2) is 5.02. The van der Waals surface area contributed by atoms with Crippen molar-refractivity contribution in [2.45, 2.75) is 6.92 Å². The zero-order valence-corrected chi connectivity index (χ0v) is 10.1. The number of hydrogen-bond acceptors (Lipinski definition) is 1. The zero-order valence-electron chi connectivity index (χ0n) is 9.33. The molecule has 1 N–H and O–H groups in total. The van der Waals surface area contributed by atoms with Crippen LogP contribution in [0.25, 0.3) is 0 Å². The summed E-state index contributed by atoms with van der Waals surface area (Å²) in [6.07, 6.45) is 0.